The van der Waals surface area contributed by atoms with Crippen molar-refractivity contribution >= 4 is 5.78 Å². The standard InChI is InChI=1S/C16H20O/c1-10-3-4-11(2)12(5-10)9-16(17)15-7-13-6-14(13)8-15/h3-5,13-15H,6-9H2,1-2H3. The molecule has 2 fully saturated rings. The lowest BCUT2D eigenvalue weighted by atomic mass is 9.91. The minimum absolute atomic E-state index is 0.374. The van der Waals surface area contributed by atoms with E-state index in [-0.39, 0.29) is 0 Å². The Balaban J connectivity index is 1.69. The first kappa shape index (κ1) is 11.0. The number of aryl methyl sites for hydroxylation is 2. The van der Waals surface area contributed by atoms with Gasteiger partial charge in [0.1, 0.15) is 5.78 Å². The molecule has 0 bridgehead atoms. The quantitative estimate of drug-likeness (QED) is 0.774. The third kappa shape index (κ3) is 2.15. The average molecular weight is 228 g/mol. The number of carbonyl (C=O) groups excluding carboxylic acids is 1. The van der Waals surface area contributed by atoms with Crippen molar-refractivity contribution in [3.05, 3.63) is 34.9 Å². The third-order valence-corrected chi connectivity index (χ3v) is 4.57. The maximum atomic E-state index is 12.2. The van der Waals surface area contributed by atoms with E-state index in [0.717, 1.165) is 11.8 Å². The van der Waals surface area contributed by atoms with E-state index in [0.29, 0.717) is 18.1 Å². The van der Waals surface area contributed by atoms with Crippen LogP contribution >= 0.6 is 0 Å². The van der Waals surface area contributed by atoms with Gasteiger partial charge in [0.15, 0.2) is 0 Å². The first-order valence-corrected chi connectivity index (χ1v) is 6.72. The molecule has 1 aromatic carbocycles. The fraction of sp³-hybridized carbons (Fsp3) is 0.562. The van der Waals surface area contributed by atoms with Gasteiger partial charge in [0, 0.05) is 12.3 Å². The summed E-state index contributed by atoms with van der Waals surface area (Å²) in [6.45, 7) is 4.20. The molecule has 2 aliphatic carbocycles. The van der Waals surface area contributed by atoms with Gasteiger partial charge < -0.3 is 0 Å². The fourth-order valence-corrected chi connectivity index (χ4v) is 3.30. The lowest BCUT2D eigenvalue weighted by Crippen LogP contribution is -2.15. The summed E-state index contributed by atoms with van der Waals surface area (Å²) in [5, 5.41) is 0. The normalized spacial score (nSPS) is 30.1. The first-order valence-electron chi connectivity index (χ1n) is 6.72. The highest BCUT2D eigenvalue weighted by Crippen LogP contribution is 2.54. The first-order chi connectivity index (χ1) is 8.13. The van der Waals surface area contributed by atoms with Gasteiger partial charge in [0.2, 0.25) is 0 Å². The van der Waals surface area contributed by atoms with E-state index in [1.165, 1.54) is 36.0 Å². The molecule has 0 amide bonds. The molecule has 2 aliphatic rings. The molecule has 0 N–H and O–H groups in total. The highest BCUT2D eigenvalue weighted by molar-refractivity contribution is 5.84. The van der Waals surface area contributed by atoms with Crippen molar-refractivity contribution in [2.45, 2.75) is 39.5 Å². The van der Waals surface area contributed by atoms with Crippen molar-refractivity contribution in [1.29, 1.82) is 0 Å². The maximum absolute atomic E-state index is 12.2. The molecule has 1 nitrogen and oxygen atoms in total. The van der Waals surface area contributed by atoms with Gasteiger partial charge in [-0.3, -0.25) is 4.79 Å². The Labute approximate surface area is 103 Å². The SMILES string of the molecule is Cc1ccc(C)c(CC(=O)C2CC3CC3C2)c1. The van der Waals surface area contributed by atoms with Gasteiger partial charge in [0.05, 0.1) is 0 Å². The number of ketones is 1. The second-order valence-corrected chi connectivity index (χ2v) is 6.00. The van der Waals surface area contributed by atoms with Crippen molar-refractivity contribution in [3.8, 4) is 0 Å². The molecule has 2 atom stereocenters. The highest BCUT2D eigenvalue weighted by atomic mass is 16.1. The van der Waals surface area contributed by atoms with Crippen LogP contribution < -0.4 is 0 Å². The third-order valence-electron chi connectivity index (χ3n) is 4.57. The second-order valence-electron chi connectivity index (χ2n) is 6.00. The van der Waals surface area contributed by atoms with Gasteiger partial charge in [-0.15, -0.1) is 0 Å². The van der Waals surface area contributed by atoms with Crippen LogP contribution in [0.15, 0.2) is 18.2 Å². The summed E-state index contributed by atoms with van der Waals surface area (Å²) in [4.78, 5) is 12.2. The summed E-state index contributed by atoms with van der Waals surface area (Å²) >= 11 is 0. The Kier molecular flexibility index (Phi) is 2.57. The van der Waals surface area contributed by atoms with E-state index in [9.17, 15) is 4.79 Å². The average Bonchev–Trinajstić information content (AvgIpc) is 2.91. The molecule has 0 radical (unpaired) electrons. The number of carbonyl (C=O) groups is 1. The highest BCUT2D eigenvalue weighted by Gasteiger charge is 2.47. The molecular weight excluding hydrogens is 208 g/mol. The zero-order valence-corrected chi connectivity index (χ0v) is 10.7. The molecule has 1 aromatic rings. The van der Waals surface area contributed by atoms with Gasteiger partial charge >= 0.3 is 0 Å². The fourth-order valence-electron chi connectivity index (χ4n) is 3.30. The van der Waals surface area contributed by atoms with Crippen molar-refractivity contribution in [3.63, 3.8) is 0 Å². The van der Waals surface area contributed by atoms with Gasteiger partial charge in [0.25, 0.3) is 0 Å². The largest absolute Gasteiger partial charge is 0.299 e. The van der Waals surface area contributed by atoms with Crippen LogP contribution in [0.3, 0.4) is 0 Å². The molecule has 0 saturated heterocycles. The van der Waals surface area contributed by atoms with Crippen LogP contribution in [-0.2, 0) is 11.2 Å². The topological polar surface area (TPSA) is 17.1 Å². The van der Waals surface area contributed by atoms with Crippen LogP contribution in [0, 0.1) is 31.6 Å². The molecular formula is C16H20O. The van der Waals surface area contributed by atoms with E-state index in [2.05, 4.69) is 32.0 Å². The number of fused-ring (bicyclic) bond motifs is 1. The number of rotatable bonds is 3. The number of Topliss-reactive ketones (excluding diaryl/α,β-unsaturated/α-hetero) is 1. The zero-order valence-electron chi connectivity index (χ0n) is 10.7. The Hall–Kier alpha value is -1.11. The predicted octanol–water partition coefficient (Wildman–Crippen LogP) is 3.46. The molecule has 17 heavy (non-hydrogen) atoms. The lowest BCUT2D eigenvalue weighted by Gasteiger charge is -2.12. The minimum atomic E-state index is 0.374. The Morgan fingerprint density at radius 3 is 2.59 bits per heavy atom. The summed E-state index contributed by atoms with van der Waals surface area (Å²) < 4.78 is 0. The molecule has 2 unspecified atom stereocenters. The minimum Gasteiger partial charge on any atom is -0.299 e. The molecule has 0 aliphatic heterocycles. The molecule has 3 rings (SSSR count). The van der Waals surface area contributed by atoms with E-state index in [1.54, 1.807) is 0 Å². The molecule has 0 heterocycles. The Morgan fingerprint density at radius 2 is 1.88 bits per heavy atom. The molecule has 2 saturated carbocycles. The maximum Gasteiger partial charge on any atom is 0.140 e. The van der Waals surface area contributed by atoms with Crippen LogP contribution in [0.4, 0.5) is 0 Å². The summed E-state index contributed by atoms with van der Waals surface area (Å²) in [5.74, 6) is 2.66. The number of hydrogen-bond donors (Lipinski definition) is 0. The van der Waals surface area contributed by atoms with Crippen LogP contribution in [0.5, 0.6) is 0 Å². The van der Waals surface area contributed by atoms with Gasteiger partial charge in [-0.2, -0.15) is 0 Å². The van der Waals surface area contributed by atoms with Gasteiger partial charge in [-0.05, 0) is 56.1 Å². The summed E-state index contributed by atoms with van der Waals surface area (Å²) in [6.07, 6.45) is 4.40. The Bertz CT molecular complexity index is 451. The number of benzene rings is 1. The van der Waals surface area contributed by atoms with Crippen molar-refractivity contribution in [1.82, 2.24) is 0 Å². The molecule has 0 aromatic heterocycles. The smallest absolute Gasteiger partial charge is 0.140 e. The van der Waals surface area contributed by atoms with E-state index in [4.69, 9.17) is 0 Å². The second kappa shape index (κ2) is 3.97. The van der Waals surface area contributed by atoms with Gasteiger partial charge in [-0.1, -0.05) is 23.8 Å². The predicted molar refractivity (Wildman–Crippen MR) is 68.9 cm³/mol. The van der Waals surface area contributed by atoms with Crippen molar-refractivity contribution in [2.75, 3.05) is 0 Å². The monoisotopic (exact) mass is 228 g/mol. The zero-order chi connectivity index (χ0) is 12.0. The van der Waals surface area contributed by atoms with Crippen molar-refractivity contribution in [2.24, 2.45) is 17.8 Å². The molecule has 90 valence electrons. The molecule has 1 heteroatoms. The summed E-state index contributed by atoms with van der Waals surface area (Å²) in [5.41, 5.74) is 3.75. The van der Waals surface area contributed by atoms with Crippen LogP contribution in [0.1, 0.15) is 36.0 Å². The summed E-state index contributed by atoms with van der Waals surface area (Å²) in [6, 6.07) is 6.42. The van der Waals surface area contributed by atoms with E-state index >= 15 is 0 Å². The van der Waals surface area contributed by atoms with Crippen LogP contribution in [-0.4, -0.2) is 5.78 Å². The van der Waals surface area contributed by atoms with E-state index in [1.807, 2.05) is 0 Å². The number of hydrogen-bond acceptors (Lipinski definition) is 1. The lowest BCUT2D eigenvalue weighted by molar-refractivity contribution is -0.122. The van der Waals surface area contributed by atoms with Crippen LogP contribution in [0.25, 0.3) is 0 Å². The Morgan fingerprint density at radius 1 is 1.18 bits per heavy atom. The van der Waals surface area contributed by atoms with Crippen LogP contribution in [0.2, 0.25) is 0 Å². The van der Waals surface area contributed by atoms with Crippen molar-refractivity contribution < 1.29 is 4.79 Å². The summed E-state index contributed by atoms with van der Waals surface area (Å²) in [7, 11) is 0. The molecule has 0 spiro atoms. The van der Waals surface area contributed by atoms with Gasteiger partial charge in [-0.25, -0.2) is 0 Å². The van der Waals surface area contributed by atoms with E-state index < -0.39 is 0 Å².